The molecule has 0 aromatic carbocycles. The second-order valence-corrected chi connectivity index (χ2v) is 7.08. The summed E-state index contributed by atoms with van der Waals surface area (Å²) in [6.07, 6.45) is 6.56. The first-order chi connectivity index (χ1) is 11.0. The lowest BCUT2D eigenvalue weighted by Crippen LogP contribution is -2.20. The molecule has 0 aliphatic heterocycles. The van der Waals surface area contributed by atoms with E-state index < -0.39 is 0 Å². The maximum Gasteiger partial charge on any atom is 0.309 e. The van der Waals surface area contributed by atoms with Crippen molar-refractivity contribution in [1.82, 2.24) is 9.55 Å². The van der Waals surface area contributed by atoms with Crippen LogP contribution in [0.15, 0.2) is 17.1 Å². The van der Waals surface area contributed by atoms with Gasteiger partial charge in [0.15, 0.2) is 4.77 Å². The van der Waals surface area contributed by atoms with Crippen LogP contribution in [0.2, 0.25) is 0 Å². The molecule has 3 atom stereocenters. The quantitative estimate of drug-likeness (QED) is 0.471. The van der Waals surface area contributed by atoms with Crippen molar-refractivity contribution >= 4 is 18.2 Å². The minimum Gasteiger partial charge on any atom is -0.465 e. The predicted octanol–water partition coefficient (Wildman–Crippen LogP) is 3.30. The Balaban J connectivity index is 1.61. The molecule has 23 heavy (non-hydrogen) atoms. The lowest BCUT2D eigenvalue weighted by atomic mass is 9.99. The van der Waals surface area contributed by atoms with E-state index in [1.165, 1.54) is 6.07 Å². The molecule has 1 aliphatic rings. The lowest BCUT2D eigenvalue weighted by Gasteiger charge is -2.14. The molecule has 0 amide bonds. The molecule has 1 fully saturated rings. The smallest absolute Gasteiger partial charge is 0.309 e. The van der Waals surface area contributed by atoms with Gasteiger partial charge in [-0.1, -0.05) is 13.8 Å². The number of carbonyl (C=O) groups is 1. The standard InChI is InChI=1S/C17H26N2O3S/c1-12-10-13(2)14(11-12)16(21)22-9-5-3-4-7-19-8-6-15(20)18-17(19)23/h6,8,12-14H,3-5,7,9-11H2,1-2H3,(H,18,20,23). The number of carbonyl (C=O) groups excluding carboxylic acids is 1. The Labute approximate surface area is 142 Å². The molecule has 3 unspecified atom stereocenters. The number of aromatic nitrogens is 2. The number of hydrogen-bond donors (Lipinski definition) is 1. The number of aryl methyl sites for hydroxylation is 1. The van der Waals surface area contributed by atoms with Crippen LogP contribution in [0.3, 0.4) is 0 Å². The largest absolute Gasteiger partial charge is 0.465 e. The molecule has 6 heteroatoms. The van der Waals surface area contributed by atoms with E-state index in [1.54, 1.807) is 6.20 Å². The van der Waals surface area contributed by atoms with Crippen molar-refractivity contribution in [2.45, 2.75) is 52.5 Å². The fourth-order valence-electron chi connectivity index (χ4n) is 3.35. The van der Waals surface area contributed by atoms with Crippen molar-refractivity contribution in [1.29, 1.82) is 0 Å². The highest BCUT2D eigenvalue weighted by molar-refractivity contribution is 7.71. The molecular weight excluding hydrogens is 312 g/mol. The van der Waals surface area contributed by atoms with Crippen LogP contribution in [0.25, 0.3) is 0 Å². The summed E-state index contributed by atoms with van der Waals surface area (Å²) in [7, 11) is 0. The second-order valence-electron chi connectivity index (χ2n) is 6.69. The van der Waals surface area contributed by atoms with Gasteiger partial charge in [-0.15, -0.1) is 0 Å². The molecule has 128 valence electrons. The molecule has 5 nitrogen and oxygen atoms in total. The molecule has 0 radical (unpaired) electrons. The maximum atomic E-state index is 12.1. The number of rotatable bonds is 7. The van der Waals surface area contributed by atoms with Crippen molar-refractivity contribution in [3.63, 3.8) is 0 Å². The number of H-pyrrole nitrogens is 1. The summed E-state index contributed by atoms with van der Waals surface area (Å²) < 4.78 is 7.73. The Morgan fingerprint density at radius 1 is 1.35 bits per heavy atom. The van der Waals surface area contributed by atoms with Gasteiger partial charge in [-0.25, -0.2) is 0 Å². The first-order valence-corrected chi connectivity index (χ1v) is 8.84. The number of nitrogens with zero attached hydrogens (tertiary/aromatic N) is 1. The van der Waals surface area contributed by atoms with Crippen LogP contribution in [0.1, 0.15) is 46.0 Å². The van der Waals surface area contributed by atoms with E-state index in [0.717, 1.165) is 38.6 Å². The van der Waals surface area contributed by atoms with E-state index in [-0.39, 0.29) is 17.4 Å². The van der Waals surface area contributed by atoms with Crippen molar-refractivity contribution < 1.29 is 9.53 Å². The summed E-state index contributed by atoms with van der Waals surface area (Å²) >= 11 is 5.09. The molecule has 1 aromatic rings. The normalized spacial score (nSPS) is 23.8. The average Bonchev–Trinajstić information content (AvgIpc) is 2.83. The summed E-state index contributed by atoms with van der Waals surface area (Å²) in [5, 5.41) is 0. The summed E-state index contributed by atoms with van der Waals surface area (Å²) in [6.45, 7) is 5.60. The van der Waals surface area contributed by atoms with Gasteiger partial charge in [-0.3, -0.25) is 14.6 Å². The second kappa shape index (κ2) is 8.43. The summed E-state index contributed by atoms with van der Waals surface area (Å²) in [5.74, 6) is 1.14. The summed E-state index contributed by atoms with van der Waals surface area (Å²) in [5.41, 5.74) is -0.173. The van der Waals surface area contributed by atoms with Crippen LogP contribution in [0, 0.1) is 22.5 Å². The van der Waals surface area contributed by atoms with Gasteiger partial charge in [0.05, 0.1) is 12.5 Å². The zero-order chi connectivity index (χ0) is 16.8. The Bertz CT molecular complexity index is 637. The SMILES string of the molecule is CC1CC(C)C(C(=O)OCCCCCn2ccc(=O)[nH]c2=S)C1. The molecule has 2 rings (SSSR count). The summed E-state index contributed by atoms with van der Waals surface area (Å²) in [4.78, 5) is 25.7. The zero-order valence-corrected chi connectivity index (χ0v) is 14.7. The fourth-order valence-corrected chi connectivity index (χ4v) is 3.60. The van der Waals surface area contributed by atoms with Crippen LogP contribution >= 0.6 is 12.2 Å². The van der Waals surface area contributed by atoms with E-state index in [9.17, 15) is 9.59 Å². The van der Waals surface area contributed by atoms with E-state index in [1.807, 2.05) is 4.57 Å². The monoisotopic (exact) mass is 338 g/mol. The van der Waals surface area contributed by atoms with Gasteiger partial charge < -0.3 is 9.30 Å². The minimum atomic E-state index is -0.173. The fraction of sp³-hybridized carbons (Fsp3) is 0.706. The third kappa shape index (κ3) is 5.30. The predicted molar refractivity (Wildman–Crippen MR) is 91.7 cm³/mol. The van der Waals surface area contributed by atoms with Gasteiger partial charge in [-0.2, -0.15) is 0 Å². The van der Waals surface area contributed by atoms with Crippen molar-refractivity contribution in [3.8, 4) is 0 Å². The topological polar surface area (TPSA) is 64.1 Å². The Morgan fingerprint density at radius 2 is 2.13 bits per heavy atom. The van der Waals surface area contributed by atoms with Gasteiger partial charge in [0.1, 0.15) is 0 Å². The highest BCUT2D eigenvalue weighted by atomic mass is 32.1. The molecule has 1 aromatic heterocycles. The zero-order valence-electron chi connectivity index (χ0n) is 13.9. The molecule has 1 heterocycles. The highest BCUT2D eigenvalue weighted by Gasteiger charge is 2.34. The first kappa shape index (κ1) is 17.9. The van der Waals surface area contributed by atoms with Crippen molar-refractivity contribution in [2.75, 3.05) is 6.61 Å². The van der Waals surface area contributed by atoms with Gasteiger partial charge in [0.2, 0.25) is 0 Å². The van der Waals surface area contributed by atoms with Crippen molar-refractivity contribution in [2.24, 2.45) is 17.8 Å². The minimum absolute atomic E-state index is 0.0234. The van der Waals surface area contributed by atoms with Gasteiger partial charge in [-0.05, 0) is 56.2 Å². The molecular formula is C17H26N2O3S. The number of nitrogens with one attached hydrogen (secondary N) is 1. The van der Waals surface area contributed by atoms with Gasteiger partial charge in [0, 0.05) is 18.8 Å². The molecule has 1 N–H and O–H groups in total. The molecule has 0 spiro atoms. The van der Waals surface area contributed by atoms with Crippen LogP contribution in [-0.4, -0.2) is 22.1 Å². The number of unbranched alkanes of at least 4 members (excludes halogenated alkanes) is 2. The molecule has 1 aliphatic carbocycles. The third-order valence-corrected chi connectivity index (χ3v) is 4.94. The highest BCUT2D eigenvalue weighted by Crippen LogP contribution is 2.36. The number of hydrogen-bond acceptors (Lipinski definition) is 4. The number of aromatic amines is 1. The average molecular weight is 338 g/mol. The molecule has 0 saturated heterocycles. The van der Waals surface area contributed by atoms with E-state index in [2.05, 4.69) is 18.8 Å². The van der Waals surface area contributed by atoms with Crippen LogP contribution in [0.5, 0.6) is 0 Å². The van der Waals surface area contributed by atoms with Crippen molar-refractivity contribution in [3.05, 3.63) is 27.4 Å². The lowest BCUT2D eigenvalue weighted by molar-refractivity contribution is -0.149. The Kier molecular flexibility index (Phi) is 6.57. The third-order valence-electron chi connectivity index (χ3n) is 4.60. The Morgan fingerprint density at radius 3 is 2.78 bits per heavy atom. The first-order valence-electron chi connectivity index (χ1n) is 8.43. The van der Waals surface area contributed by atoms with E-state index >= 15 is 0 Å². The van der Waals surface area contributed by atoms with E-state index in [0.29, 0.717) is 23.2 Å². The molecule has 1 saturated carbocycles. The van der Waals surface area contributed by atoms with Crippen LogP contribution in [0.4, 0.5) is 0 Å². The van der Waals surface area contributed by atoms with Gasteiger partial charge in [0.25, 0.3) is 5.56 Å². The van der Waals surface area contributed by atoms with E-state index in [4.69, 9.17) is 17.0 Å². The number of esters is 1. The van der Waals surface area contributed by atoms with Gasteiger partial charge >= 0.3 is 5.97 Å². The number of ether oxygens (including phenoxy) is 1. The molecule has 0 bridgehead atoms. The van der Waals surface area contributed by atoms with Crippen LogP contribution < -0.4 is 5.56 Å². The Hall–Kier alpha value is -1.43. The van der Waals surface area contributed by atoms with Crippen LogP contribution in [-0.2, 0) is 16.1 Å². The maximum absolute atomic E-state index is 12.1. The summed E-state index contributed by atoms with van der Waals surface area (Å²) in [6, 6.07) is 1.47.